The Morgan fingerprint density at radius 2 is 2.08 bits per heavy atom. The third-order valence-electron chi connectivity index (χ3n) is 5.15. The number of methoxy groups -OCH3 is 1. The van der Waals surface area contributed by atoms with Crippen molar-refractivity contribution in [3.05, 3.63) is 16.1 Å². The van der Waals surface area contributed by atoms with E-state index in [1.807, 2.05) is 6.92 Å². The first-order valence-corrected chi connectivity index (χ1v) is 9.03. The molecule has 0 radical (unpaired) electrons. The van der Waals surface area contributed by atoms with Crippen LogP contribution < -0.4 is 10.6 Å². The summed E-state index contributed by atoms with van der Waals surface area (Å²) < 4.78 is 43.4. The lowest BCUT2D eigenvalue weighted by atomic mass is 9.56. The van der Waals surface area contributed by atoms with E-state index in [1.54, 1.807) is 7.11 Å². The van der Waals surface area contributed by atoms with E-state index in [9.17, 15) is 13.2 Å². The summed E-state index contributed by atoms with van der Waals surface area (Å²) in [5, 5.41) is 7.83. The highest BCUT2D eigenvalue weighted by atomic mass is 127. The van der Waals surface area contributed by atoms with E-state index in [0.717, 1.165) is 23.1 Å². The normalized spacial score (nSPS) is 25.2. The summed E-state index contributed by atoms with van der Waals surface area (Å²) in [4.78, 5) is 7.98. The number of rotatable bonds is 5. The quantitative estimate of drug-likeness (QED) is 0.360. The second-order valence-corrected chi connectivity index (χ2v) is 7.82. The Bertz CT molecular complexity index is 635. The van der Waals surface area contributed by atoms with Crippen LogP contribution >= 0.6 is 35.3 Å². The van der Waals surface area contributed by atoms with E-state index in [-0.39, 0.29) is 47.6 Å². The van der Waals surface area contributed by atoms with Gasteiger partial charge in [-0.05, 0) is 20.3 Å². The smallest absolute Gasteiger partial charge is 0.378 e. The largest absolute Gasteiger partial charge is 0.434 e. The summed E-state index contributed by atoms with van der Waals surface area (Å²) in [6, 6.07) is 0.164. The van der Waals surface area contributed by atoms with Crippen molar-refractivity contribution in [2.45, 2.75) is 58.5 Å². The summed E-state index contributed by atoms with van der Waals surface area (Å²) in [5.74, 6) is 0.572. The van der Waals surface area contributed by atoms with Crippen LogP contribution in [0.25, 0.3) is 0 Å². The van der Waals surface area contributed by atoms with Gasteiger partial charge in [0.15, 0.2) is 11.7 Å². The first-order valence-electron chi connectivity index (χ1n) is 8.15. The van der Waals surface area contributed by atoms with Gasteiger partial charge in [0.2, 0.25) is 0 Å². The lowest BCUT2D eigenvalue weighted by molar-refractivity contribution is -0.176. The maximum atomic E-state index is 12.6. The van der Waals surface area contributed by atoms with Crippen molar-refractivity contribution in [2.24, 2.45) is 10.4 Å². The number of aliphatic imine (C=N–C) groups is 1. The average molecular weight is 506 g/mol. The van der Waals surface area contributed by atoms with Gasteiger partial charge in [0.1, 0.15) is 5.01 Å². The number of halogens is 4. The van der Waals surface area contributed by atoms with Crippen LogP contribution in [0.4, 0.5) is 13.2 Å². The first-order chi connectivity index (χ1) is 11.5. The molecule has 2 atom stereocenters. The molecule has 2 unspecified atom stereocenters. The van der Waals surface area contributed by atoms with Gasteiger partial charge in [-0.3, -0.25) is 0 Å². The molecule has 26 heavy (non-hydrogen) atoms. The van der Waals surface area contributed by atoms with Gasteiger partial charge in [-0.2, -0.15) is 13.2 Å². The SMILES string of the molecule is CCNC(=NCc1nc(C(F)(F)F)cs1)NC1CC(C)(OC)C1(C)C.I. The molecule has 1 saturated carbocycles. The Balaban J connectivity index is 0.00000338. The molecule has 1 heterocycles. The van der Waals surface area contributed by atoms with Crippen LogP contribution in [0.5, 0.6) is 0 Å². The predicted octanol–water partition coefficient (Wildman–Crippen LogP) is 4.04. The molecule has 0 bridgehead atoms. The molecule has 1 aromatic rings. The van der Waals surface area contributed by atoms with Gasteiger partial charge in [0, 0.05) is 30.5 Å². The fraction of sp³-hybridized carbons (Fsp3) is 0.750. The summed E-state index contributed by atoms with van der Waals surface area (Å²) in [7, 11) is 1.71. The van der Waals surface area contributed by atoms with Crippen molar-refractivity contribution in [1.29, 1.82) is 0 Å². The van der Waals surface area contributed by atoms with Gasteiger partial charge < -0.3 is 15.4 Å². The number of hydrogen-bond acceptors (Lipinski definition) is 4. The highest BCUT2D eigenvalue weighted by Crippen LogP contribution is 2.51. The van der Waals surface area contributed by atoms with Gasteiger partial charge in [-0.15, -0.1) is 35.3 Å². The number of nitrogens with zero attached hydrogens (tertiary/aromatic N) is 2. The van der Waals surface area contributed by atoms with Crippen LogP contribution in [0.2, 0.25) is 0 Å². The first kappa shape index (κ1) is 23.4. The Hall–Kier alpha value is -0.620. The van der Waals surface area contributed by atoms with Crippen molar-refractivity contribution in [3.8, 4) is 0 Å². The van der Waals surface area contributed by atoms with Crippen LogP contribution in [-0.4, -0.2) is 36.2 Å². The molecular formula is C16H26F3IN4OS. The molecule has 1 aliphatic carbocycles. The molecule has 10 heteroatoms. The number of ether oxygens (including phenoxy) is 1. The van der Waals surface area contributed by atoms with Crippen LogP contribution in [0.15, 0.2) is 10.4 Å². The lowest BCUT2D eigenvalue weighted by Gasteiger charge is -2.59. The number of guanidine groups is 1. The highest BCUT2D eigenvalue weighted by Gasteiger charge is 2.58. The maximum absolute atomic E-state index is 12.6. The number of nitrogens with one attached hydrogen (secondary N) is 2. The second kappa shape index (κ2) is 8.59. The van der Waals surface area contributed by atoms with Gasteiger partial charge in [0.05, 0.1) is 12.1 Å². The fourth-order valence-electron chi connectivity index (χ4n) is 2.87. The van der Waals surface area contributed by atoms with Crippen molar-refractivity contribution in [1.82, 2.24) is 15.6 Å². The zero-order valence-corrected chi connectivity index (χ0v) is 18.7. The molecule has 1 aromatic heterocycles. The van der Waals surface area contributed by atoms with E-state index in [4.69, 9.17) is 4.74 Å². The number of thiazole rings is 1. The van der Waals surface area contributed by atoms with Crippen LogP contribution in [0.1, 0.15) is 44.8 Å². The van der Waals surface area contributed by atoms with Crippen molar-refractivity contribution in [2.75, 3.05) is 13.7 Å². The summed E-state index contributed by atoms with van der Waals surface area (Å²) in [6.07, 6.45) is -3.59. The van der Waals surface area contributed by atoms with Crippen LogP contribution in [-0.2, 0) is 17.5 Å². The third kappa shape index (κ3) is 4.80. The Kier molecular flexibility index (Phi) is 7.74. The summed E-state index contributed by atoms with van der Waals surface area (Å²) in [6.45, 7) is 9.02. The van der Waals surface area contributed by atoms with Gasteiger partial charge in [-0.25, -0.2) is 9.98 Å². The maximum Gasteiger partial charge on any atom is 0.434 e. The lowest BCUT2D eigenvalue weighted by Crippen LogP contribution is -2.69. The molecule has 1 aliphatic rings. The molecule has 1 fully saturated rings. The Morgan fingerprint density at radius 1 is 1.42 bits per heavy atom. The van der Waals surface area contributed by atoms with Gasteiger partial charge >= 0.3 is 6.18 Å². The van der Waals surface area contributed by atoms with Gasteiger partial charge in [-0.1, -0.05) is 13.8 Å². The predicted molar refractivity (Wildman–Crippen MR) is 108 cm³/mol. The summed E-state index contributed by atoms with van der Waals surface area (Å²) >= 11 is 0.965. The third-order valence-corrected chi connectivity index (χ3v) is 5.98. The summed E-state index contributed by atoms with van der Waals surface area (Å²) in [5.41, 5.74) is -1.17. The molecule has 0 aliphatic heterocycles. The molecule has 0 amide bonds. The van der Waals surface area contributed by atoms with Crippen LogP contribution in [0, 0.1) is 5.41 Å². The van der Waals surface area contributed by atoms with Crippen LogP contribution in [0.3, 0.4) is 0 Å². The molecule has 2 N–H and O–H groups in total. The van der Waals surface area contributed by atoms with E-state index in [2.05, 4.69) is 41.4 Å². The second-order valence-electron chi connectivity index (χ2n) is 6.88. The van der Waals surface area contributed by atoms with E-state index < -0.39 is 11.9 Å². The van der Waals surface area contributed by atoms with E-state index in [1.165, 1.54) is 0 Å². The molecule has 2 rings (SSSR count). The topological polar surface area (TPSA) is 58.5 Å². The Labute approximate surface area is 173 Å². The number of aromatic nitrogens is 1. The Morgan fingerprint density at radius 3 is 2.54 bits per heavy atom. The van der Waals surface area contributed by atoms with Crippen molar-refractivity contribution < 1.29 is 17.9 Å². The van der Waals surface area contributed by atoms with E-state index in [0.29, 0.717) is 17.5 Å². The minimum atomic E-state index is -4.41. The molecule has 0 spiro atoms. The number of alkyl halides is 3. The molecule has 0 saturated heterocycles. The monoisotopic (exact) mass is 506 g/mol. The minimum Gasteiger partial charge on any atom is -0.378 e. The number of hydrogen-bond donors (Lipinski definition) is 2. The fourth-order valence-corrected chi connectivity index (χ4v) is 3.59. The van der Waals surface area contributed by atoms with Gasteiger partial charge in [0.25, 0.3) is 0 Å². The standard InChI is InChI=1S/C16H25F3N4OS.HI/c1-6-20-13(23-10-7-15(4,24-5)14(10,2)3)21-8-12-22-11(9-25-12)16(17,18)19;/h9-10H,6-8H2,1-5H3,(H2,20,21,23);1H. The average Bonchev–Trinajstić information content (AvgIpc) is 3.01. The zero-order chi connectivity index (χ0) is 18.9. The molecular weight excluding hydrogens is 480 g/mol. The highest BCUT2D eigenvalue weighted by molar-refractivity contribution is 14.0. The molecule has 150 valence electrons. The van der Waals surface area contributed by atoms with E-state index >= 15 is 0 Å². The van der Waals surface area contributed by atoms with Crippen molar-refractivity contribution >= 4 is 41.3 Å². The molecule has 5 nitrogen and oxygen atoms in total. The minimum absolute atomic E-state index is 0. The molecule has 0 aromatic carbocycles. The van der Waals surface area contributed by atoms with Crippen molar-refractivity contribution in [3.63, 3.8) is 0 Å². The zero-order valence-electron chi connectivity index (χ0n) is 15.5.